The lowest BCUT2D eigenvalue weighted by atomic mass is 10.0. The van der Waals surface area contributed by atoms with E-state index in [0.29, 0.717) is 6.04 Å². The van der Waals surface area contributed by atoms with Crippen molar-refractivity contribution in [3.63, 3.8) is 0 Å². The number of hydrogen-bond acceptors (Lipinski definition) is 3. The Morgan fingerprint density at radius 2 is 2.24 bits per heavy atom. The molecule has 0 aliphatic carbocycles. The molecule has 1 atom stereocenters. The summed E-state index contributed by atoms with van der Waals surface area (Å²) in [7, 11) is 2.19. The van der Waals surface area contributed by atoms with Gasteiger partial charge in [-0.25, -0.2) is 0 Å². The highest BCUT2D eigenvalue weighted by molar-refractivity contribution is 5.58. The Hall–Kier alpha value is -1.06. The van der Waals surface area contributed by atoms with Gasteiger partial charge in [-0.3, -0.25) is 4.90 Å². The maximum absolute atomic E-state index is 3.67. The van der Waals surface area contributed by atoms with Crippen molar-refractivity contribution >= 4 is 5.69 Å². The Bertz CT molecular complexity index is 466. The summed E-state index contributed by atoms with van der Waals surface area (Å²) in [5.41, 5.74) is 4.43. The number of nitrogens with one attached hydrogen (secondary N) is 1. The molecule has 3 heteroatoms. The van der Waals surface area contributed by atoms with Crippen molar-refractivity contribution < 1.29 is 0 Å². The van der Waals surface area contributed by atoms with Crippen LogP contribution in [0.25, 0.3) is 0 Å². The van der Waals surface area contributed by atoms with Gasteiger partial charge in [0, 0.05) is 38.4 Å². The quantitative estimate of drug-likeness (QED) is 0.898. The van der Waals surface area contributed by atoms with Gasteiger partial charge >= 0.3 is 0 Å². The number of anilines is 1. The number of fused-ring (bicyclic) bond motifs is 1. The molecule has 1 fully saturated rings. The van der Waals surface area contributed by atoms with Crippen molar-refractivity contribution in [1.29, 1.82) is 0 Å². The second kappa shape index (κ2) is 6.80. The summed E-state index contributed by atoms with van der Waals surface area (Å²) in [5, 5.41) is 3.67. The minimum absolute atomic E-state index is 0.694. The molecule has 1 aromatic carbocycles. The van der Waals surface area contributed by atoms with Crippen molar-refractivity contribution in [2.75, 3.05) is 38.1 Å². The second-order valence-electron chi connectivity index (χ2n) is 6.61. The molecule has 0 spiro atoms. The molecular formula is C18H29N3. The van der Waals surface area contributed by atoms with Gasteiger partial charge in [-0.15, -0.1) is 0 Å². The van der Waals surface area contributed by atoms with Gasteiger partial charge in [-0.05, 0) is 49.5 Å². The molecular weight excluding hydrogens is 258 g/mol. The number of hydrogen-bond donors (Lipinski definition) is 1. The third-order valence-corrected chi connectivity index (χ3v) is 5.02. The van der Waals surface area contributed by atoms with Crippen LogP contribution in [-0.2, 0) is 13.0 Å². The summed E-state index contributed by atoms with van der Waals surface area (Å²) < 4.78 is 0. The van der Waals surface area contributed by atoms with Gasteiger partial charge in [0.2, 0.25) is 0 Å². The van der Waals surface area contributed by atoms with Crippen LogP contribution in [0.5, 0.6) is 0 Å². The molecule has 1 N–H and O–H groups in total. The van der Waals surface area contributed by atoms with Crippen LogP contribution in [-0.4, -0.2) is 44.2 Å². The molecule has 3 rings (SSSR count). The highest BCUT2D eigenvalue weighted by atomic mass is 15.1. The highest BCUT2D eigenvalue weighted by Crippen LogP contribution is 2.27. The molecule has 2 aliphatic heterocycles. The average Bonchev–Trinajstić information content (AvgIpc) is 2.88. The first kappa shape index (κ1) is 14.9. The third-order valence-electron chi connectivity index (χ3n) is 5.02. The lowest BCUT2D eigenvalue weighted by Gasteiger charge is -2.30. The zero-order valence-electron chi connectivity index (χ0n) is 13.6. The van der Waals surface area contributed by atoms with E-state index in [-0.39, 0.29) is 0 Å². The fraction of sp³-hybridized carbons (Fsp3) is 0.667. The van der Waals surface area contributed by atoms with E-state index in [9.17, 15) is 0 Å². The molecule has 1 aromatic rings. The number of piperidine rings is 1. The standard InChI is InChI=1S/C18H29N3/c1-3-21(14-17-6-4-5-10-19-17)13-15-7-8-18-16(12-15)9-11-20(18)2/h7-8,12,17,19H,3-6,9-11,13-14H2,1-2H3. The number of benzene rings is 1. The van der Waals surface area contributed by atoms with Crippen molar-refractivity contribution in [1.82, 2.24) is 10.2 Å². The average molecular weight is 287 g/mol. The van der Waals surface area contributed by atoms with Crippen molar-refractivity contribution in [2.24, 2.45) is 0 Å². The first-order valence-corrected chi connectivity index (χ1v) is 8.55. The molecule has 0 radical (unpaired) electrons. The van der Waals surface area contributed by atoms with E-state index in [1.807, 2.05) is 0 Å². The molecule has 0 saturated carbocycles. The fourth-order valence-electron chi connectivity index (χ4n) is 3.67. The van der Waals surface area contributed by atoms with Gasteiger partial charge in [-0.2, -0.15) is 0 Å². The Balaban J connectivity index is 1.61. The van der Waals surface area contributed by atoms with E-state index in [1.54, 1.807) is 0 Å². The van der Waals surface area contributed by atoms with Crippen molar-refractivity contribution in [3.05, 3.63) is 29.3 Å². The lowest BCUT2D eigenvalue weighted by Crippen LogP contribution is -2.43. The minimum Gasteiger partial charge on any atom is -0.374 e. The lowest BCUT2D eigenvalue weighted by molar-refractivity contribution is 0.226. The SMILES string of the molecule is CCN(Cc1ccc2c(c1)CCN2C)CC1CCCCN1. The molecule has 2 aliphatic rings. The van der Waals surface area contributed by atoms with E-state index >= 15 is 0 Å². The van der Waals surface area contributed by atoms with Gasteiger partial charge in [0.15, 0.2) is 0 Å². The number of nitrogens with zero attached hydrogens (tertiary/aromatic N) is 2. The van der Waals surface area contributed by atoms with Crippen LogP contribution >= 0.6 is 0 Å². The van der Waals surface area contributed by atoms with Gasteiger partial charge in [0.25, 0.3) is 0 Å². The largest absolute Gasteiger partial charge is 0.374 e. The molecule has 3 nitrogen and oxygen atoms in total. The predicted molar refractivity (Wildman–Crippen MR) is 90.0 cm³/mol. The Morgan fingerprint density at radius 1 is 1.33 bits per heavy atom. The topological polar surface area (TPSA) is 18.5 Å². The van der Waals surface area contributed by atoms with Crippen molar-refractivity contribution in [2.45, 2.75) is 45.2 Å². The van der Waals surface area contributed by atoms with Crippen LogP contribution in [0.1, 0.15) is 37.3 Å². The summed E-state index contributed by atoms with van der Waals surface area (Å²) in [4.78, 5) is 4.95. The summed E-state index contributed by atoms with van der Waals surface area (Å²) in [6.45, 7) is 8.06. The Labute approximate surface area is 129 Å². The van der Waals surface area contributed by atoms with E-state index in [4.69, 9.17) is 0 Å². The van der Waals surface area contributed by atoms with Crippen molar-refractivity contribution in [3.8, 4) is 0 Å². The summed E-state index contributed by atoms with van der Waals surface area (Å²) in [5.74, 6) is 0. The second-order valence-corrected chi connectivity index (χ2v) is 6.61. The van der Waals surface area contributed by atoms with E-state index in [1.165, 1.54) is 62.1 Å². The van der Waals surface area contributed by atoms with Crippen LogP contribution < -0.4 is 10.2 Å². The Morgan fingerprint density at radius 3 is 3.00 bits per heavy atom. The van der Waals surface area contributed by atoms with Gasteiger partial charge < -0.3 is 10.2 Å². The molecule has 2 heterocycles. The molecule has 116 valence electrons. The molecule has 1 saturated heterocycles. The molecule has 21 heavy (non-hydrogen) atoms. The fourth-order valence-corrected chi connectivity index (χ4v) is 3.67. The maximum Gasteiger partial charge on any atom is 0.0397 e. The van der Waals surface area contributed by atoms with Gasteiger partial charge in [0.1, 0.15) is 0 Å². The normalized spacial score (nSPS) is 21.9. The first-order valence-electron chi connectivity index (χ1n) is 8.55. The smallest absolute Gasteiger partial charge is 0.0397 e. The predicted octanol–water partition coefficient (Wildman–Crippen LogP) is 2.64. The van der Waals surface area contributed by atoms with Crippen LogP contribution in [0.2, 0.25) is 0 Å². The van der Waals surface area contributed by atoms with Gasteiger partial charge in [-0.1, -0.05) is 25.5 Å². The monoisotopic (exact) mass is 287 g/mol. The van der Waals surface area contributed by atoms with Crippen LogP contribution in [0.15, 0.2) is 18.2 Å². The van der Waals surface area contributed by atoms with Crippen LogP contribution in [0, 0.1) is 0 Å². The summed E-state index contributed by atoms with van der Waals surface area (Å²) in [6, 6.07) is 7.75. The van der Waals surface area contributed by atoms with Crippen LogP contribution in [0.3, 0.4) is 0 Å². The summed E-state index contributed by atoms with van der Waals surface area (Å²) >= 11 is 0. The van der Waals surface area contributed by atoms with E-state index in [2.05, 4.69) is 47.3 Å². The maximum atomic E-state index is 3.67. The first-order chi connectivity index (χ1) is 10.3. The number of rotatable bonds is 5. The Kier molecular flexibility index (Phi) is 4.81. The zero-order chi connectivity index (χ0) is 14.7. The molecule has 0 aromatic heterocycles. The van der Waals surface area contributed by atoms with Gasteiger partial charge in [0.05, 0.1) is 0 Å². The molecule has 0 bridgehead atoms. The third kappa shape index (κ3) is 3.58. The van der Waals surface area contributed by atoms with E-state index in [0.717, 1.165) is 13.1 Å². The molecule has 0 amide bonds. The van der Waals surface area contributed by atoms with Crippen LogP contribution in [0.4, 0.5) is 5.69 Å². The minimum atomic E-state index is 0.694. The number of likely N-dealkylation sites (N-methyl/N-ethyl adjacent to an activating group) is 2. The highest BCUT2D eigenvalue weighted by Gasteiger charge is 2.18. The summed E-state index contributed by atoms with van der Waals surface area (Å²) in [6.07, 6.45) is 5.28. The zero-order valence-corrected chi connectivity index (χ0v) is 13.6. The molecule has 1 unspecified atom stereocenters. The van der Waals surface area contributed by atoms with E-state index < -0.39 is 0 Å².